The van der Waals surface area contributed by atoms with Crippen molar-refractivity contribution in [2.45, 2.75) is 25.0 Å². The monoisotopic (exact) mass is 449 g/mol. The highest BCUT2D eigenvalue weighted by atomic mass is 19.1. The summed E-state index contributed by atoms with van der Waals surface area (Å²) < 4.78 is 13.2. The molecular formula is C24H24FN5O3. The van der Waals surface area contributed by atoms with Gasteiger partial charge in [0.15, 0.2) is 5.82 Å². The Balaban J connectivity index is 1.47. The Hall–Kier alpha value is -3.56. The largest absolute Gasteiger partial charge is 0.394 e. The molecule has 170 valence electrons. The molecule has 2 amide bonds. The van der Waals surface area contributed by atoms with Crippen molar-refractivity contribution in [1.29, 1.82) is 0 Å². The van der Waals surface area contributed by atoms with E-state index in [4.69, 9.17) is 10.1 Å². The van der Waals surface area contributed by atoms with Gasteiger partial charge in [-0.05, 0) is 42.3 Å². The molecule has 3 aromatic rings. The zero-order valence-corrected chi connectivity index (χ0v) is 17.9. The summed E-state index contributed by atoms with van der Waals surface area (Å²) in [4.78, 5) is 25.9. The second-order valence-electron chi connectivity index (χ2n) is 8.33. The fraction of sp³-hybridized carbons (Fsp3) is 0.292. The number of aromatic nitrogens is 2. The molecule has 4 heterocycles. The van der Waals surface area contributed by atoms with Gasteiger partial charge in [0.2, 0.25) is 0 Å². The first-order chi connectivity index (χ1) is 16.0. The number of carbonyl (C=O) groups is 1. The third-order valence-electron chi connectivity index (χ3n) is 6.04. The summed E-state index contributed by atoms with van der Waals surface area (Å²) in [7, 11) is 0. The highest BCUT2D eigenvalue weighted by molar-refractivity contribution is 6.04. The molecular weight excluding hydrogens is 425 g/mol. The average Bonchev–Trinajstić information content (AvgIpc) is 3.24. The number of nitrogens with zero attached hydrogens (tertiary/aromatic N) is 4. The molecule has 0 spiro atoms. The lowest BCUT2D eigenvalue weighted by Gasteiger charge is -2.35. The number of rotatable bonds is 5. The number of hydrogen-bond acceptors (Lipinski definition) is 6. The average molecular weight is 449 g/mol. The van der Waals surface area contributed by atoms with Crippen LogP contribution in [-0.2, 0) is 6.42 Å². The number of urea groups is 1. The molecule has 1 fully saturated rings. The summed E-state index contributed by atoms with van der Waals surface area (Å²) in [6.45, 7) is 1.27. The summed E-state index contributed by atoms with van der Waals surface area (Å²) >= 11 is 0. The van der Waals surface area contributed by atoms with E-state index < -0.39 is 11.9 Å². The Bertz CT molecular complexity index is 1170. The molecule has 1 unspecified atom stereocenters. The van der Waals surface area contributed by atoms with Crippen LogP contribution in [0.4, 0.5) is 26.5 Å². The van der Waals surface area contributed by atoms with Crippen molar-refractivity contribution in [3.63, 3.8) is 0 Å². The van der Waals surface area contributed by atoms with Crippen LogP contribution in [-0.4, -0.2) is 58.1 Å². The van der Waals surface area contributed by atoms with Crippen molar-refractivity contribution in [2.75, 3.05) is 34.8 Å². The van der Waals surface area contributed by atoms with E-state index in [0.29, 0.717) is 17.9 Å². The molecule has 9 heteroatoms. The third kappa shape index (κ3) is 4.24. The maximum Gasteiger partial charge on any atom is 0.329 e. The normalized spacial score (nSPS) is 17.6. The van der Waals surface area contributed by atoms with Crippen LogP contribution in [0.2, 0.25) is 0 Å². The topological polar surface area (TPSA) is 102 Å². The first kappa shape index (κ1) is 21.3. The molecule has 2 aliphatic heterocycles. The summed E-state index contributed by atoms with van der Waals surface area (Å²) in [6.07, 6.45) is 1.41. The van der Waals surface area contributed by atoms with Gasteiger partial charge in [-0.3, -0.25) is 10.2 Å². The Morgan fingerprint density at radius 3 is 2.91 bits per heavy atom. The molecule has 2 aliphatic rings. The molecule has 0 aliphatic carbocycles. The van der Waals surface area contributed by atoms with Gasteiger partial charge < -0.3 is 15.1 Å². The molecule has 1 aromatic carbocycles. The van der Waals surface area contributed by atoms with Crippen LogP contribution >= 0.6 is 0 Å². The van der Waals surface area contributed by atoms with Gasteiger partial charge in [-0.1, -0.05) is 18.2 Å². The number of nitrogens with one attached hydrogen (secondary N) is 1. The zero-order valence-electron chi connectivity index (χ0n) is 17.9. The SMILES string of the molecule is O=C(Nc1ccc(F)cn1)N1c2nc(-c3cccc(CC(O)CO)c3)ccc2N2CC[C@H]1C2. The van der Waals surface area contributed by atoms with Gasteiger partial charge in [-0.15, -0.1) is 0 Å². The number of amides is 2. The van der Waals surface area contributed by atoms with E-state index in [-0.39, 0.29) is 24.5 Å². The predicted octanol–water partition coefficient (Wildman–Crippen LogP) is 2.81. The lowest BCUT2D eigenvalue weighted by Crippen LogP contribution is -2.48. The van der Waals surface area contributed by atoms with Gasteiger partial charge in [-0.25, -0.2) is 19.2 Å². The Morgan fingerprint density at radius 1 is 1.24 bits per heavy atom. The molecule has 1 saturated heterocycles. The van der Waals surface area contributed by atoms with Gasteiger partial charge in [0, 0.05) is 25.1 Å². The minimum absolute atomic E-state index is 0.0215. The molecule has 8 nitrogen and oxygen atoms in total. The maximum absolute atomic E-state index is 13.2. The van der Waals surface area contributed by atoms with Crippen molar-refractivity contribution in [3.8, 4) is 11.3 Å². The van der Waals surface area contributed by atoms with E-state index in [1.807, 2.05) is 36.4 Å². The highest BCUT2D eigenvalue weighted by Gasteiger charge is 2.40. The molecule has 0 saturated carbocycles. The summed E-state index contributed by atoms with van der Waals surface area (Å²) in [5.74, 6) is 0.374. The third-order valence-corrected chi connectivity index (χ3v) is 6.04. The number of benzene rings is 1. The highest BCUT2D eigenvalue weighted by Crippen LogP contribution is 2.40. The number of anilines is 3. The number of carbonyl (C=O) groups excluding carboxylic acids is 1. The van der Waals surface area contributed by atoms with Crippen molar-refractivity contribution in [3.05, 3.63) is 66.1 Å². The summed E-state index contributed by atoms with van der Waals surface area (Å²) in [5, 5.41) is 21.7. The van der Waals surface area contributed by atoms with E-state index >= 15 is 0 Å². The number of halogens is 1. The fourth-order valence-electron chi connectivity index (χ4n) is 4.45. The standard InChI is InChI=1S/C24H24FN5O3/c25-17-4-7-22(26-12-17)28-24(33)30-18-8-9-29(13-18)21-6-5-20(27-23(21)30)16-3-1-2-15(10-16)11-19(32)14-31/h1-7,10,12,18-19,31-32H,8-9,11,13-14H2,(H,26,28,33)/t18-,19?/m0/s1. The lowest BCUT2D eigenvalue weighted by molar-refractivity contribution is 0.0955. The Kier molecular flexibility index (Phi) is 5.65. The van der Waals surface area contributed by atoms with Gasteiger partial charge >= 0.3 is 6.03 Å². The van der Waals surface area contributed by atoms with Gasteiger partial charge in [0.1, 0.15) is 11.6 Å². The van der Waals surface area contributed by atoms with Crippen LogP contribution in [0.25, 0.3) is 11.3 Å². The van der Waals surface area contributed by atoms with Crippen molar-refractivity contribution >= 4 is 23.4 Å². The van der Waals surface area contributed by atoms with Gasteiger partial charge in [0.05, 0.1) is 36.3 Å². The van der Waals surface area contributed by atoms with Crippen LogP contribution in [0, 0.1) is 5.82 Å². The van der Waals surface area contributed by atoms with Crippen LogP contribution in [0.3, 0.4) is 0 Å². The molecule has 2 atom stereocenters. The predicted molar refractivity (Wildman–Crippen MR) is 123 cm³/mol. The number of aliphatic hydroxyl groups is 2. The van der Waals surface area contributed by atoms with Gasteiger partial charge in [0.25, 0.3) is 0 Å². The van der Waals surface area contributed by atoms with E-state index in [0.717, 1.165) is 42.5 Å². The maximum atomic E-state index is 13.2. The van der Waals surface area contributed by atoms with Crippen LogP contribution in [0.1, 0.15) is 12.0 Å². The first-order valence-electron chi connectivity index (χ1n) is 10.9. The van der Waals surface area contributed by atoms with E-state index in [1.165, 1.54) is 12.1 Å². The number of aliphatic hydroxyl groups excluding tert-OH is 2. The molecule has 0 radical (unpaired) electrons. The minimum Gasteiger partial charge on any atom is -0.394 e. The van der Waals surface area contributed by atoms with Crippen LogP contribution in [0.15, 0.2) is 54.7 Å². The molecule has 2 aromatic heterocycles. The lowest BCUT2D eigenvalue weighted by atomic mass is 10.0. The first-order valence-corrected chi connectivity index (χ1v) is 10.9. The van der Waals surface area contributed by atoms with E-state index in [1.54, 1.807) is 4.90 Å². The number of fused-ring (bicyclic) bond motifs is 4. The van der Waals surface area contributed by atoms with Gasteiger partial charge in [-0.2, -0.15) is 0 Å². The fourth-order valence-corrected chi connectivity index (χ4v) is 4.45. The van der Waals surface area contributed by atoms with E-state index in [9.17, 15) is 14.3 Å². The molecule has 2 bridgehead atoms. The smallest absolute Gasteiger partial charge is 0.329 e. The number of pyridine rings is 2. The van der Waals surface area contributed by atoms with Crippen LogP contribution < -0.4 is 15.1 Å². The second-order valence-corrected chi connectivity index (χ2v) is 8.33. The number of hydrogen-bond donors (Lipinski definition) is 3. The van der Waals surface area contributed by atoms with Crippen molar-refractivity contribution < 1.29 is 19.4 Å². The summed E-state index contributed by atoms with van der Waals surface area (Å²) in [6, 6.07) is 13.8. The Morgan fingerprint density at radius 2 is 2.12 bits per heavy atom. The zero-order chi connectivity index (χ0) is 22.9. The Labute approximate surface area is 190 Å². The van der Waals surface area contributed by atoms with Crippen LogP contribution in [0.5, 0.6) is 0 Å². The van der Waals surface area contributed by atoms with E-state index in [2.05, 4.69) is 15.2 Å². The van der Waals surface area contributed by atoms with Crippen molar-refractivity contribution in [2.24, 2.45) is 0 Å². The molecule has 5 rings (SSSR count). The quantitative estimate of drug-likeness (QED) is 0.554. The minimum atomic E-state index is -0.820. The summed E-state index contributed by atoms with van der Waals surface area (Å²) in [5.41, 5.74) is 3.33. The second kappa shape index (κ2) is 8.76. The molecule has 33 heavy (non-hydrogen) atoms. The van der Waals surface area contributed by atoms with Crippen molar-refractivity contribution in [1.82, 2.24) is 9.97 Å². The molecule has 3 N–H and O–H groups in total.